The Balaban J connectivity index is 2.22. The Labute approximate surface area is 196 Å². The second-order valence-electron chi connectivity index (χ2n) is 9.13. The van der Waals surface area contributed by atoms with E-state index in [1.807, 2.05) is 67.6 Å². The van der Waals surface area contributed by atoms with Gasteiger partial charge in [-0.25, -0.2) is 0 Å². The average Bonchev–Trinajstić information content (AvgIpc) is 2.76. The summed E-state index contributed by atoms with van der Waals surface area (Å²) in [6.45, 7) is 7.39. The molecule has 178 valence electrons. The van der Waals surface area contributed by atoms with Gasteiger partial charge in [-0.05, 0) is 38.8 Å². The first-order valence-electron chi connectivity index (χ1n) is 11.2. The Kier molecular flexibility index (Phi) is 9.79. The van der Waals surface area contributed by atoms with Crippen molar-refractivity contribution in [2.45, 2.75) is 58.1 Å². The molecule has 0 bridgehead atoms. The number of nitrogens with zero attached hydrogens (tertiary/aromatic N) is 1. The Bertz CT molecular complexity index is 866. The standard InChI is InChI=1S/C27H35NO5/c1-20(19-32-5)28(24(30)16-17-25(31)33-27(2,3)4)18-23(29)26(21-12-8-6-9-13-21)22-14-10-7-11-15-22/h6-15,20,26H,16-19H2,1-5H3. The van der Waals surface area contributed by atoms with E-state index < -0.39 is 17.5 Å². The first kappa shape index (κ1) is 26.3. The van der Waals surface area contributed by atoms with Crippen LogP contribution in [0, 0.1) is 0 Å². The summed E-state index contributed by atoms with van der Waals surface area (Å²) in [6.07, 6.45) is -0.0706. The Morgan fingerprint density at radius 1 is 0.879 bits per heavy atom. The van der Waals surface area contributed by atoms with Gasteiger partial charge < -0.3 is 14.4 Å². The highest BCUT2D eigenvalue weighted by atomic mass is 16.6. The molecule has 0 saturated carbocycles. The predicted molar refractivity (Wildman–Crippen MR) is 128 cm³/mol. The molecule has 2 rings (SSSR count). The van der Waals surface area contributed by atoms with Gasteiger partial charge in [-0.15, -0.1) is 0 Å². The molecule has 0 aliphatic carbocycles. The number of Topliss-reactive ketones (excluding diaryl/α,β-unsaturated/α-hetero) is 1. The van der Waals surface area contributed by atoms with Gasteiger partial charge >= 0.3 is 5.97 Å². The van der Waals surface area contributed by atoms with Crippen molar-refractivity contribution in [3.63, 3.8) is 0 Å². The second kappa shape index (κ2) is 12.3. The predicted octanol–water partition coefficient (Wildman–Crippen LogP) is 4.37. The number of hydrogen-bond donors (Lipinski definition) is 0. The molecule has 1 unspecified atom stereocenters. The van der Waals surface area contributed by atoms with E-state index in [9.17, 15) is 14.4 Å². The largest absolute Gasteiger partial charge is 0.460 e. The summed E-state index contributed by atoms with van der Waals surface area (Å²) in [7, 11) is 1.55. The van der Waals surface area contributed by atoms with Crippen molar-refractivity contribution in [2.24, 2.45) is 0 Å². The zero-order chi connectivity index (χ0) is 24.4. The highest BCUT2D eigenvalue weighted by Gasteiger charge is 2.29. The summed E-state index contributed by atoms with van der Waals surface area (Å²) in [5.74, 6) is -1.31. The summed E-state index contributed by atoms with van der Waals surface area (Å²) in [5, 5.41) is 0. The molecule has 2 aromatic rings. The second-order valence-corrected chi connectivity index (χ2v) is 9.13. The van der Waals surface area contributed by atoms with E-state index in [0.29, 0.717) is 0 Å². The molecule has 0 aliphatic heterocycles. The van der Waals surface area contributed by atoms with Gasteiger partial charge in [-0.1, -0.05) is 60.7 Å². The van der Waals surface area contributed by atoms with Crippen molar-refractivity contribution in [3.8, 4) is 0 Å². The monoisotopic (exact) mass is 453 g/mol. The van der Waals surface area contributed by atoms with Gasteiger partial charge in [0.05, 0.1) is 31.5 Å². The lowest BCUT2D eigenvalue weighted by atomic mass is 9.87. The topological polar surface area (TPSA) is 72.9 Å². The molecule has 0 spiro atoms. The number of ketones is 1. The highest BCUT2D eigenvalue weighted by molar-refractivity contribution is 5.93. The quantitative estimate of drug-likeness (QED) is 0.472. The molecule has 0 aliphatic rings. The minimum absolute atomic E-state index is 0.0302. The summed E-state index contributed by atoms with van der Waals surface area (Å²) in [5.41, 5.74) is 1.13. The number of benzene rings is 2. The molecule has 0 fully saturated rings. The molecule has 0 heterocycles. The Hall–Kier alpha value is -2.99. The van der Waals surface area contributed by atoms with Crippen LogP contribution < -0.4 is 0 Å². The SMILES string of the molecule is COCC(C)N(CC(=O)C(c1ccccc1)c1ccccc1)C(=O)CCC(=O)OC(C)(C)C. The number of carbonyl (C=O) groups is 3. The Morgan fingerprint density at radius 3 is 1.85 bits per heavy atom. The van der Waals surface area contributed by atoms with Gasteiger partial charge in [0.25, 0.3) is 0 Å². The first-order valence-corrected chi connectivity index (χ1v) is 11.2. The van der Waals surface area contributed by atoms with E-state index in [2.05, 4.69) is 0 Å². The lowest BCUT2D eigenvalue weighted by molar-refractivity contribution is -0.156. The molecule has 0 aromatic heterocycles. The van der Waals surface area contributed by atoms with E-state index in [1.165, 1.54) is 4.90 Å². The lowest BCUT2D eigenvalue weighted by Gasteiger charge is -2.30. The molecule has 1 amide bonds. The fraction of sp³-hybridized carbons (Fsp3) is 0.444. The summed E-state index contributed by atoms with van der Waals surface area (Å²) < 4.78 is 10.6. The van der Waals surface area contributed by atoms with Crippen LogP contribution in [0.2, 0.25) is 0 Å². The lowest BCUT2D eigenvalue weighted by Crippen LogP contribution is -2.45. The number of ether oxygens (including phenoxy) is 2. The van der Waals surface area contributed by atoms with Crippen molar-refractivity contribution in [1.29, 1.82) is 0 Å². The van der Waals surface area contributed by atoms with Gasteiger partial charge in [0.15, 0.2) is 5.78 Å². The van der Waals surface area contributed by atoms with Crippen LogP contribution in [0.1, 0.15) is 57.6 Å². The van der Waals surface area contributed by atoms with E-state index in [0.717, 1.165) is 11.1 Å². The normalized spacial score (nSPS) is 12.3. The fourth-order valence-corrected chi connectivity index (χ4v) is 3.68. The molecule has 1 atom stereocenters. The number of esters is 1. The minimum Gasteiger partial charge on any atom is -0.460 e. The van der Waals surface area contributed by atoms with Gasteiger partial charge in [-0.3, -0.25) is 14.4 Å². The van der Waals surface area contributed by atoms with Gasteiger partial charge in [0.1, 0.15) is 5.60 Å². The first-order chi connectivity index (χ1) is 15.6. The van der Waals surface area contributed by atoms with E-state index >= 15 is 0 Å². The molecule has 33 heavy (non-hydrogen) atoms. The number of carbonyl (C=O) groups excluding carboxylic acids is 3. The van der Waals surface area contributed by atoms with Crippen LogP contribution >= 0.6 is 0 Å². The molecule has 2 aromatic carbocycles. The third kappa shape index (κ3) is 8.46. The fourth-order valence-electron chi connectivity index (χ4n) is 3.68. The number of methoxy groups -OCH3 is 1. The summed E-state index contributed by atoms with van der Waals surface area (Å²) in [6, 6.07) is 18.8. The maximum absolute atomic E-state index is 13.6. The van der Waals surface area contributed by atoms with E-state index in [1.54, 1.807) is 27.9 Å². The Morgan fingerprint density at radius 2 is 1.39 bits per heavy atom. The van der Waals surface area contributed by atoms with Gasteiger partial charge in [0, 0.05) is 13.5 Å². The maximum Gasteiger partial charge on any atom is 0.306 e. The van der Waals surface area contributed by atoms with E-state index in [4.69, 9.17) is 9.47 Å². The molecule has 0 radical (unpaired) electrons. The molecular formula is C27H35NO5. The van der Waals surface area contributed by atoms with Crippen molar-refractivity contribution in [2.75, 3.05) is 20.3 Å². The zero-order valence-electron chi connectivity index (χ0n) is 20.2. The molecule has 6 heteroatoms. The molecular weight excluding hydrogens is 418 g/mol. The number of hydrogen-bond acceptors (Lipinski definition) is 5. The van der Waals surface area contributed by atoms with Crippen LogP contribution in [0.3, 0.4) is 0 Å². The van der Waals surface area contributed by atoms with Crippen LogP contribution in [0.25, 0.3) is 0 Å². The smallest absolute Gasteiger partial charge is 0.306 e. The third-order valence-electron chi connectivity index (χ3n) is 5.14. The number of rotatable bonds is 11. The van der Waals surface area contributed by atoms with Crippen LogP contribution in [-0.2, 0) is 23.9 Å². The summed E-state index contributed by atoms with van der Waals surface area (Å²) in [4.78, 5) is 40.2. The molecule has 6 nitrogen and oxygen atoms in total. The van der Waals surface area contributed by atoms with Crippen LogP contribution in [0.4, 0.5) is 0 Å². The highest BCUT2D eigenvalue weighted by Crippen LogP contribution is 2.26. The van der Waals surface area contributed by atoms with Crippen LogP contribution in [0.5, 0.6) is 0 Å². The van der Waals surface area contributed by atoms with Gasteiger partial charge in [0.2, 0.25) is 5.91 Å². The average molecular weight is 454 g/mol. The minimum atomic E-state index is -0.613. The van der Waals surface area contributed by atoms with E-state index in [-0.39, 0.29) is 43.7 Å². The number of amides is 1. The third-order valence-corrected chi connectivity index (χ3v) is 5.14. The maximum atomic E-state index is 13.6. The van der Waals surface area contributed by atoms with Crippen LogP contribution in [0.15, 0.2) is 60.7 Å². The zero-order valence-corrected chi connectivity index (χ0v) is 20.2. The van der Waals surface area contributed by atoms with Crippen molar-refractivity contribution >= 4 is 17.7 Å². The summed E-state index contributed by atoms with van der Waals surface area (Å²) >= 11 is 0. The molecule has 0 N–H and O–H groups in total. The van der Waals surface area contributed by atoms with Crippen molar-refractivity contribution < 1.29 is 23.9 Å². The van der Waals surface area contributed by atoms with Crippen molar-refractivity contribution in [3.05, 3.63) is 71.8 Å². The molecule has 0 saturated heterocycles. The van der Waals surface area contributed by atoms with Crippen molar-refractivity contribution in [1.82, 2.24) is 4.90 Å². The van der Waals surface area contributed by atoms with Crippen LogP contribution in [-0.4, -0.2) is 54.5 Å². The van der Waals surface area contributed by atoms with Gasteiger partial charge in [-0.2, -0.15) is 0 Å².